The van der Waals surface area contributed by atoms with Crippen LogP contribution in [0.25, 0.3) is 6.08 Å². The van der Waals surface area contributed by atoms with Crippen molar-refractivity contribution in [1.29, 1.82) is 0 Å². The summed E-state index contributed by atoms with van der Waals surface area (Å²) < 4.78 is 23.6. The van der Waals surface area contributed by atoms with E-state index < -0.39 is 0 Å². The van der Waals surface area contributed by atoms with Gasteiger partial charge in [-0.3, -0.25) is 0 Å². The molecule has 0 unspecified atom stereocenters. The van der Waals surface area contributed by atoms with Crippen molar-refractivity contribution in [3.8, 4) is 17.2 Å². The summed E-state index contributed by atoms with van der Waals surface area (Å²) in [7, 11) is 0. The molecule has 1 aromatic rings. The van der Waals surface area contributed by atoms with Gasteiger partial charge in [0.25, 0.3) is 0 Å². The second-order valence-corrected chi connectivity index (χ2v) is 8.66. The zero-order valence-electron chi connectivity index (χ0n) is 22.2. The molecule has 0 saturated carbocycles. The van der Waals surface area contributed by atoms with Gasteiger partial charge in [0.1, 0.15) is 0 Å². The summed E-state index contributed by atoms with van der Waals surface area (Å²) in [6.07, 6.45) is 16.8. The van der Waals surface area contributed by atoms with Crippen LogP contribution >= 0.6 is 0 Å². The van der Waals surface area contributed by atoms with E-state index in [1.165, 1.54) is 44.6 Å². The maximum Gasteiger partial charge on any atom is 0.330 e. The van der Waals surface area contributed by atoms with E-state index in [4.69, 9.17) is 18.9 Å². The summed E-state index contributed by atoms with van der Waals surface area (Å²) in [4.78, 5) is 11.8. The predicted molar refractivity (Wildman–Crippen MR) is 141 cm³/mol. The van der Waals surface area contributed by atoms with Crippen molar-refractivity contribution >= 4 is 12.0 Å². The molecule has 0 atom stereocenters. The molecule has 1 aromatic carbocycles. The van der Waals surface area contributed by atoms with E-state index in [1.54, 1.807) is 13.0 Å². The molecule has 0 heterocycles. The van der Waals surface area contributed by atoms with Gasteiger partial charge in [-0.05, 0) is 50.0 Å². The van der Waals surface area contributed by atoms with Crippen molar-refractivity contribution < 1.29 is 23.7 Å². The molecule has 0 N–H and O–H groups in total. The fraction of sp³-hybridized carbons (Fsp3) is 0.690. The maximum absolute atomic E-state index is 11.8. The summed E-state index contributed by atoms with van der Waals surface area (Å²) in [6, 6.07) is 3.86. The van der Waals surface area contributed by atoms with Gasteiger partial charge in [-0.2, -0.15) is 0 Å². The Balaban J connectivity index is 3.07. The van der Waals surface area contributed by atoms with Gasteiger partial charge in [-0.1, -0.05) is 78.6 Å². The van der Waals surface area contributed by atoms with Gasteiger partial charge in [0.15, 0.2) is 11.5 Å². The van der Waals surface area contributed by atoms with E-state index in [9.17, 15) is 4.79 Å². The van der Waals surface area contributed by atoms with Crippen molar-refractivity contribution in [2.75, 3.05) is 26.4 Å². The highest BCUT2D eigenvalue weighted by molar-refractivity contribution is 5.87. The van der Waals surface area contributed by atoms with Gasteiger partial charge in [-0.15, -0.1) is 0 Å². The Morgan fingerprint density at radius 1 is 0.676 bits per heavy atom. The minimum atomic E-state index is -0.359. The van der Waals surface area contributed by atoms with Gasteiger partial charge >= 0.3 is 5.97 Å². The second kappa shape index (κ2) is 20.2. The van der Waals surface area contributed by atoms with Crippen LogP contribution in [0.1, 0.15) is 110 Å². The van der Waals surface area contributed by atoms with Gasteiger partial charge < -0.3 is 18.9 Å². The topological polar surface area (TPSA) is 54.0 Å². The van der Waals surface area contributed by atoms with Crippen LogP contribution in [-0.4, -0.2) is 32.4 Å². The predicted octanol–water partition coefficient (Wildman–Crippen LogP) is 8.14. The summed E-state index contributed by atoms with van der Waals surface area (Å²) in [6.45, 7) is 10.7. The first kappa shape index (κ1) is 29.9. The number of hydrogen-bond acceptors (Lipinski definition) is 5. The van der Waals surface area contributed by atoms with Crippen molar-refractivity contribution in [2.24, 2.45) is 0 Å². The van der Waals surface area contributed by atoms with Crippen molar-refractivity contribution in [2.45, 2.75) is 105 Å². The van der Waals surface area contributed by atoms with Crippen molar-refractivity contribution in [1.82, 2.24) is 0 Å². The van der Waals surface area contributed by atoms with Gasteiger partial charge in [-0.25, -0.2) is 4.79 Å². The molecule has 5 nitrogen and oxygen atoms in total. The molecule has 34 heavy (non-hydrogen) atoms. The molecular weight excluding hydrogens is 428 g/mol. The number of benzene rings is 1. The first-order valence-electron chi connectivity index (χ1n) is 13.6. The third-order valence-corrected chi connectivity index (χ3v) is 5.50. The molecule has 0 spiro atoms. The van der Waals surface area contributed by atoms with E-state index in [0.717, 1.165) is 44.1 Å². The molecule has 0 aliphatic rings. The molecule has 0 amide bonds. The Morgan fingerprint density at radius 3 is 1.59 bits per heavy atom. The first-order chi connectivity index (χ1) is 16.7. The summed E-state index contributed by atoms with van der Waals surface area (Å²) >= 11 is 0. The van der Waals surface area contributed by atoms with Crippen LogP contribution in [0.15, 0.2) is 18.2 Å². The zero-order valence-corrected chi connectivity index (χ0v) is 22.2. The zero-order chi connectivity index (χ0) is 24.9. The second-order valence-electron chi connectivity index (χ2n) is 8.66. The van der Waals surface area contributed by atoms with Crippen LogP contribution in [-0.2, 0) is 9.53 Å². The monoisotopic (exact) mass is 476 g/mol. The van der Waals surface area contributed by atoms with Crippen LogP contribution in [0.5, 0.6) is 17.2 Å². The smallest absolute Gasteiger partial charge is 0.330 e. The molecule has 0 saturated heterocycles. The molecule has 1 rings (SSSR count). The van der Waals surface area contributed by atoms with E-state index in [1.807, 2.05) is 12.1 Å². The van der Waals surface area contributed by atoms with E-state index >= 15 is 0 Å². The quantitative estimate of drug-likeness (QED) is 0.102. The molecule has 0 radical (unpaired) electrons. The lowest BCUT2D eigenvalue weighted by Crippen LogP contribution is -2.07. The number of carbonyl (C=O) groups excluding carboxylic acids is 1. The molecule has 0 fully saturated rings. The average Bonchev–Trinajstić information content (AvgIpc) is 2.83. The third kappa shape index (κ3) is 13.5. The number of rotatable bonds is 21. The summed E-state index contributed by atoms with van der Waals surface area (Å²) in [5.41, 5.74) is 0.832. The highest BCUT2D eigenvalue weighted by Crippen LogP contribution is 2.40. The highest BCUT2D eigenvalue weighted by Gasteiger charge is 2.16. The minimum absolute atomic E-state index is 0.353. The van der Waals surface area contributed by atoms with Crippen LogP contribution in [0, 0.1) is 0 Å². The Hall–Kier alpha value is -2.17. The van der Waals surface area contributed by atoms with Crippen molar-refractivity contribution in [3.05, 3.63) is 23.8 Å². The Kier molecular flexibility index (Phi) is 17.8. The maximum atomic E-state index is 11.8. The fourth-order valence-corrected chi connectivity index (χ4v) is 3.53. The number of unbranched alkanes of at least 4 members (excludes halogenated alkanes) is 9. The van der Waals surface area contributed by atoms with Crippen LogP contribution in [0.3, 0.4) is 0 Å². The lowest BCUT2D eigenvalue weighted by atomic mass is 10.1. The fourth-order valence-electron chi connectivity index (χ4n) is 3.53. The minimum Gasteiger partial charge on any atom is -0.490 e. The largest absolute Gasteiger partial charge is 0.490 e. The first-order valence-corrected chi connectivity index (χ1v) is 13.6. The molecule has 0 aromatic heterocycles. The number of ether oxygens (including phenoxy) is 4. The van der Waals surface area contributed by atoms with Gasteiger partial charge in [0.05, 0.1) is 26.4 Å². The molecule has 5 heteroatoms. The van der Waals surface area contributed by atoms with E-state index in [-0.39, 0.29) is 5.97 Å². The summed E-state index contributed by atoms with van der Waals surface area (Å²) in [5.74, 6) is 1.68. The van der Waals surface area contributed by atoms with Gasteiger partial charge in [0, 0.05) is 6.08 Å². The lowest BCUT2D eigenvalue weighted by molar-refractivity contribution is -0.137. The summed E-state index contributed by atoms with van der Waals surface area (Å²) in [5, 5.41) is 0. The molecule has 0 aliphatic heterocycles. The molecular formula is C29H48O5. The van der Waals surface area contributed by atoms with Crippen LogP contribution in [0.2, 0.25) is 0 Å². The molecule has 194 valence electrons. The van der Waals surface area contributed by atoms with Crippen LogP contribution in [0.4, 0.5) is 0 Å². The number of carbonyl (C=O) groups is 1. The Bertz CT molecular complexity index is 648. The lowest BCUT2D eigenvalue weighted by Gasteiger charge is -2.18. The number of esters is 1. The van der Waals surface area contributed by atoms with Gasteiger partial charge in [0.2, 0.25) is 5.75 Å². The van der Waals surface area contributed by atoms with Crippen molar-refractivity contribution in [3.63, 3.8) is 0 Å². The molecule has 0 bridgehead atoms. The highest BCUT2D eigenvalue weighted by atomic mass is 16.5. The molecule has 0 aliphatic carbocycles. The van der Waals surface area contributed by atoms with E-state index in [0.29, 0.717) is 43.7 Å². The third-order valence-electron chi connectivity index (χ3n) is 5.50. The number of hydrogen-bond donors (Lipinski definition) is 0. The SMILES string of the molecule is CCCCCCOc1cc(C=CC(=O)OCC)cc(OCCCCCC)c1OCCCCCC. The Labute approximate surface area is 208 Å². The van der Waals surface area contributed by atoms with Crippen LogP contribution < -0.4 is 14.2 Å². The normalized spacial score (nSPS) is 11.1. The average molecular weight is 477 g/mol. The Morgan fingerprint density at radius 2 is 1.15 bits per heavy atom. The standard InChI is InChI=1S/C29H48O5/c1-5-9-12-15-20-32-26-23-25(18-19-28(30)31-8-4)24-27(33-21-16-13-10-6-2)29(26)34-22-17-14-11-7-3/h18-19,23-24H,5-17,20-22H2,1-4H3. The van der Waals surface area contributed by atoms with E-state index in [2.05, 4.69) is 20.8 Å².